The Bertz CT molecular complexity index is 252. The van der Waals surface area contributed by atoms with Crippen molar-refractivity contribution in [3.05, 3.63) is 0 Å². The molecule has 92 valence electrons. The Morgan fingerprint density at radius 3 is 2.75 bits per heavy atom. The molecule has 2 unspecified atom stereocenters. The van der Waals surface area contributed by atoms with Gasteiger partial charge in [0.05, 0.1) is 12.0 Å². The second-order valence-corrected chi connectivity index (χ2v) is 4.44. The molecule has 0 aromatic rings. The van der Waals surface area contributed by atoms with Crippen molar-refractivity contribution in [2.75, 3.05) is 20.1 Å². The molecule has 4 nitrogen and oxygen atoms in total. The van der Waals surface area contributed by atoms with Crippen LogP contribution in [0, 0.1) is 5.92 Å². The minimum atomic E-state index is -0.0440. The third kappa shape index (κ3) is 3.04. The second kappa shape index (κ2) is 5.99. The number of carbonyl (C=O) groups is 2. The highest BCUT2D eigenvalue weighted by Gasteiger charge is 2.29. The van der Waals surface area contributed by atoms with Gasteiger partial charge in [0.2, 0.25) is 5.91 Å². The Labute approximate surface area is 97.4 Å². The van der Waals surface area contributed by atoms with E-state index < -0.39 is 0 Å². The van der Waals surface area contributed by atoms with Crippen molar-refractivity contribution in [2.24, 2.45) is 5.92 Å². The van der Waals surface area contributed by atoms with Gasteiger partial charge in [0.1, 0.15) is 5.78 Å². The highest BCUT2D eigenvalue weighted by Crippen LogP contribution is 2.19. The lowest BCUT2D eigenvalue weighted by atomic mass is 9.95. The Morgan fingerprint density at radius 2 is 2.19 bits per heavy atom. The Morgan fingerprint density at radius 1 is 1.50 bits per heavy atom. The van der Waals surface area contributed by atoms with Crippen molar-refractivity contribution in [1.82, 2.24) is 10.2 Å². The molecule has 0 bridgehead atoms. The second-order valence-electron chi connectivity index (χ2n) is 4.44. The van der Waals surface area contributed by atoms with E-state index in [1.165, 1.54) is 0 Å². The first-order chi connectivity index (χ1) is 7.60. The Balaban J connectivity index is 2.56. The van der Waals surface area contributed by atoms with Crippen LogP contribution in [0.3, 0.4) is 0 Å². The molecule has 0 saturated carbocycles. The summed E-state index contributed by atoms with van der Waals surface area (Å²) in [5, 5.41) is 2.69. The van der Waals surface area contributed by atoms with Crippen molar-refractivity contribution in [1.29, 1.82) is 0 Å². The molecule has 0 spiro atoms. The normalized spacial score (nSPS) is 23.8. The van der Waals surface area contributed by atoms with Gasteiger partial charge in [-0.15, -0.1) is 0 Å². The molecule has 1 N–H and O–H groups in total. The number of hydrogen-bond donors (Lipinski definition) is 1. The van der Waals surface area contributed by atoms with Crippen molar-refractivity contribution >= 4 is 11.7 Å². The molecule has 16 heavy (non-hydrogen) atoms. The highest BCUT2D eigenvalue weighted by atomic mass is 16.2. The minimum absolute atomic E-state index is 0.0440. The van der Waals surface area contributed by atoms with Crippen LogP contribution in [0.1, 0.15) is 33.1 Å². The van der Waals surface area contributed by atoms with Gasteiger partial charge in [0.25, 0.3) is 0 Å². The zero-order chi connectivity index (χ0) is 12.1. The number of rotatable bonds is 4. The number of nitrogens with zero attached hydrogens (tertiary/aromatic N) is 1. The maximum Gasteiger partial charge on any atom is 0.224 e. The topological polar surface area (TPSA) is 49.4 Å². The SMILES string of the molecule is CCC(=O)C(C)N1CCCC(C(=O)NC)C1. The molecule has 1 rings (SSSR count). The van der Waals surface area contributed by atoms with Crippen LogP contribution in [0.15, 0.2) is 0 Å². The van der Waals surface area contributed by atoms with Crippen molar-refractivity contribution in [2.45, 2.75) is 39.2 Å². The Kier molecular flexibility index (Phi) is 4.93. The zero-order valence-electron chi connectivity index (χ0n) is 10.5. The van der Waals surface area contributed by atoms with Crippen LogP contribution in [-0.4, -0.2) is 42.8 Å². The van der Waals surface area contributed by atoms with Crippen LogP contribution in [0.25, 0.3) is 0 Å². The molecule has 1 heterocycles. The standard InChI is InChI=1S/C12H22N2O2/c1-4-11(15)9(2)14-7-5-6-10(8-14)12(16)13-3/h9-10H,4-8H2,1-3H3,(H,13,16). The molecule has 1 aliphatic heterocycles. The van der Waals surface area contributed by atoms with Crippen LogP contribution in [0.5, 0.6) is 0 Å². The number of piperidine rings is 1. The molecule has 4 heteroatoms. The van der Waals surface area contributed by atoms with Gasteiger partial charge >= 0.3 is 0 Å². The average Bonchev–Trinajstić information content (AvgIpc) is 2.36. The lowest BCUT2D eigenvalue weighted by Gasteiger charge is -2.35. The van der Waals surface area contributed by atoms with Gasteiger partial charge in [0, 0.05) is 20.0 Å². The summed E-state index contributed by atoms with van der Waals surface area (Å²) in [6.07, 6.45) is 2.50. The van der Waals surface area contributed by atoms with E-state index in [0.717, 1.165) is 19.4 Å². The van der Waals surface area contributed by atoms with Crippen molar-refractivity contribution in [3.8, 4) is 0 Å². The van der Waals surface area contributed by atoms with E-state index in [9.17, 15) is 9.59 Å². The monoisotopic (exact) mass is 226 g/mol. The molecule has 2 atom stereocenters. The summed E-state index contributed by atoms with van der Waals surface area (Å²) in [5.41, 5.74) is 0. The lowest BCUT2D eigenvalue weighted by molar-refractivity contribution is -0.129. The van der Waals surface area contributed by atoms with Crippen molar-refractivity contribution in [3.63, 3.8) is 0 Å². The number of nitrogens with one attached hydrogen (secondary N) is 1. The predicted molar refractivity (Wildman–Crippen MR) is 63.1 cm³/mol. The first-order valence-electron chi connectivity index (χ1n) is 6.08. The molecule has 1 aliphatic rings. The van der Waals surface area contributed by atoms with Crippen LogP contribution in [-0.2, 0) is 9.59 Å². The smallest absolute Gasteiger partial charge is 0.224 e. The fourth-order valence-corrected chi connectivity index (χ4v) is 2.28. The fourth-order valence-electron chi connectivity index (χ4n) is 2.28. The van der Waals surface area contributed by atoms with E-state index in [4.69, 9.17) is 0 Å². The number of ketones is 1. The molecule has 0 aliphatic carbocycles. The van der Waals surface area contributed by atoms with E-state index >= 15 is 0 Å². The molecule has 0 aromatic carbocycles. The maximum atomic E-state index is 11.6. The van der Waals surface area contributed by atoms with Crippen LogP contribution in [0.2, 0.25) is 0 Å². The summed E-state index contributed by atoms with van der Waals surface area (Å²) in [6.45, 7) is 5.48. The summed E-state index contributed by atoms with van der Waals surface area (Å²) in [6, 6.07) is -0.0440. The lowest BCUT2D eigenvalue weighted by Crippen LogP contribution is -2.48. The quantitative estimate of drug-likeness (QED) is 0.772. The van der Waals surface area contributed by atoms with E-state index in [1.54, 1.807) is 7.05 Å². The third-order valence-corrected chi connectivity index (χ3v) is 3.43. The van der Waals surface area contributed by atoms with Gasteiger partial charge in [-0.05, 0) is 26.3 Å². The molecular formula is C12H22N2O2. The molecule has 1 fully saturated rings. The van der Waals surface area contributed by atoms with Gasteiger partial charge < -0.3 is 5.32 Å². The first kappa shape index (κ1) is 13.2. The predicted octanol–water partition coefficient (Wildman–Crippen LogP) is 0.812. The number of Topliss-reactive ketones (excluding diaryl/α,β-unsaturated/α-hetero) is 1. The van der Waals surface area contributed by atoms with Crippen molar-refractivity contribution < 1.29 is 9.59 Å². The summed E-state index contributed by atoms with van der Waals surface area (Å²) >= 11 is 0. The van der Waals surface area contributed by atoms with Gasteiger partial charge in [-0.25, -0.2) is 0 Å². The maximum absolute atomic E-state index is 11.6. The first-order valence-corrected chi connectivity index (χ1v) is 6.08. The highest BCUT2D eigenvalue weighted by molar-refractivity contribution is 5.83. The van der Waals surface area contributed by atoms with E-state index in [-0.39, 0.29) is 23.7 Å². The van der Waals surface area contributed by atoms with E-state index in [1.807, 2.05) is 13.8 Å². The third-order valence-electron chi connectivity index (χ3n) is 3.43. The molecule has 1 saturated heterocycles. The summed E-state index contributed by atoms with van der Waals surface area (Å²) in [7, 11) is 1.67. The number of likely N-dealkylation sites (tertiary alicyclic amines) is 1. The number of carbonyl (C=O) groups excluding carboxylic acids is 2. The van der Waals surface area contributed by atoms with Gasteiger partial charge in [-0.3, -0.25) is 14.5 Å². The summed E-state index contributed by atoms with van der Waals surface area (Å²) in [4.78, 5) is 25.3. The largest absolute Gasteiger partial charge is 0.359 e. The van der Waals surface area contributed by atoms with Crippen LogP contribution in [0.4, 0.5) is 0 Å². The molecule has 0 aromatic heterocycles. The van der Waals surface area contributed by atoms with Gasteiger partial charge in [0.15, 0.2) is 0 Å². The summed E-state index contributed by atoms with van der Waals surface area (Å²) in [5.74, 6) is 0.407. The fraction of sp³-hybridized carbons (Fsp3) is 0.833. The van der Waals surface area contributed by atoms with E-state index in [2.05, 4.69) is 10.2 Å². The van der Waals surface area contributed by atoms with Crippen LogP contribution < -0.4 is 5.32 Å². The molecule has 0 radical (unpaired) electrons. The van der Waals surface area contributed by atoms with Gasteiger partial charge in [-0.1, -0.05) is 6.92 Å². The Hall–Kier alpha value is -0.900. The van der Waals surface area contributed by atoms with Gasteiger partial charge in [-0.2, -0.15) is 0 Å². The molecule has 1 amide bonds. The molecular weight excluding hydrogens is 204 g/mol. The number of hydrogen-bond acceptors (Lipinski definition) is 3. The average molecular weight is 226 g/mol. The van der Waals surface area contributed by atoms with E-state index in [0.29, 0.717) is 13.0 Å². The summed E-state index contributed by atoms with van der Waals surface area (Å²) < 4.78 is 0. The van der Waals surface area contributed by atoms with Crippen LogP contribution >= 0.6 is 0 Å². The minimum Gasteiger partial charge on any atom is -0.359 e. The number of amides is 1. The zero-order valence-corrected chi connectivity index (χ0v) is 10.5.